The molecular weight excluding hydrogens is 582 g/mol. The first-order valence-corrected chi connectivity index (χ1v) is 16.3. The maximum absolute atomic E-state index is 15.2. The summed E-state index contributed by atoms with van der Waals surface area (Å²) in [4.78, 5) is 25.7. The van der Waals surface area contributed by atoms with Crippen LogP contribution in [-0.4, -0.2) is 80.7 Å². The van der Waals surface area contributed by atoms with E-state index in [0.29, 0.717) is 50.1 Å². The lowest BCUT2D eigenvalue weighted by atomic mass is 9.68. The van der Waals surface area contributed by atoms with Crippen molar-refractivity contribution in [3.05, 3.63) is 65.2 Å². The van der Waals surface area contributed by atoms with Crippen LogP contribution in [0, 0.1) is 17.6 Å². The minimum Gasteiger partial charge on any atom is -0.465 e. The second kappa shape index (κ2) is 13.4. The van der Waals surface area contributed by atoms with Crippen LogP contribution in [0.4, 0.5) is 19.3 Å². The number of methoxy groups -OCH3 is 1. The number of nitrogens with one attached hydrogen (secondary N) is 3. The van der Waals surface area contributed by atoms with Gasteiger partial charge in [0.15, 0.2) is 0 Å². The van der Waals surface area contributed by atoms with Crippen molar-refractivity contribution in [3.63, 3.8) is 0 Å². The van der Waals surface area contributed by atoms with Gasteiger partial charge >= 0.3 is 6.09 Å². The number of hydrogen-bond donors (Lipinski definition) is 6. The minimum absolute atomic E-state index is 0.0246. The normalized spacial score (nSPS) is 28.4. The van der Waals surface area contributed by atoms with Gasteiger partial charge < -0.3 is 25.8 Å². The van der Waals surface area contributed by atoms with Crippen LogP contribution in [0.3, 0.4) is 0 Å². The molecule has 1 aliphatic carbocycles. The fourth-order valence-electron chi connectivity index (χ4n) is 6.69. The van der Waals surface area contributed by atoms with Crippen LogP contribution in [0.25, 0.3) is 0 Å². The van der Waals surface area contributed by atoms with E-state index in [-0.39, 0.29) is 41.8 Å². The number of ether oxygens (including phenoxy) is 1. The third-order valence-electron chi connectivity index (χ3n) is 9.05. The highest BCUT2D eigenvalue weighted by atomic mass is 32.3. The predicted octanol–water partition coefficient (Wildman–Crippen LogP) is 4.78. The largest absolute Gasteiger partial charge is 0.465 e. The van der Waals surface area contributed by atoms with Crippen LogP contribution >= 0.6 is 10.8 Å². The summed E-state index contributed by atoms with van der Waals surface area (Å²) < 4.78 is 57.7. The van der Waals surface area contributed by atoms with Crippen molar-refractivity contribution in [2.75, 3.05) is 31.3 Å². The van der Waals surface area contributed by atoms with Crippen molar-refractivity contribution >= 4 is 28.5 Å². The van der Waals surface area contributed by atoms with Gasteiger partial charge in [0.2, 0.25) is 5.91 Å². The van der Waals surface area contributed by atoms with Crippen LogP contribution in [-0.2, 0) is 16.0 Å². The Bertz CT molecular complexity index is 1300. The zero-order chi connectivity index (χ0) is 30.7. The van der Waals surface area contributed by atoms with Gasteiger partial charge in [-0.2, -0.15) is 0 Å². The summed E-state index contributed by atoms with van der Waals surface area (Å²) >= 11 is 0. The van der Waals surface area contributed by atoms with Crippen LogP contribution in [0.5, 0.6) is 0 Å². The average molecular weight is 623 g/mol. The molecule has 2 aliphatic heterocycles. The fraction of sp³-hybridized carbons (Fsp3) is 0.533. The van der Waals surface area contributed by atoms with E-state index in [9.17, 15) is 28.2 Å². The van der Waals surface area contributed by atoms with Crippen molar-refractivity contribution < 1.29 is 37.3 Å². The summed E-state index contributed by atoms with van der Waals surface area (Å²) in [5.74, 6) is -2.06. The number of rotatable bonds is 10. The quantitative estimate of drug-likeness (QED) is 0.222. The SMILES string of the molecule is COC1CC([C@H](c2ccc(F)cc2)[C@H](NC(=O)O)C(=O)Nc2cccc(F)c2CC[C@H]2CN[C@@H]3CCCS(O)(O)N2C3)C1. The number of nitrogens with zero attached hydrogens (tertiary/aromatic N) is 1. The minimum atomic E-state index is -2.92. The number of fused-ring (bicyclic) bond motifs is 2. The number of hydrogen-bond acceptors (Lipinski definition) is 7. The molecule has 2 amide bonds. The van der Waals surface area contributed by atoms with E-state index in [1.54, 1.807) is 29.6 Å². The monoisotopic (exact) mass is 622 g/mol. The Morgan fingerprint density at radius 2 is 1.91 bits per heavy atom. The van der Waals surface area contributed by atoms with E-state index in [2.05, 4.69) is 16.0 Å². The highest BCUT2D eigenvalue weighted by Gasteiger charge is 2.43. The van der Waals surface area contributed by atoms with Crippen LogP contribution in [0.15, 0.2) is 42.5 Å². The third kappa shape index (κ3) is 7.30. The summed E-state index contributed by atoms with van der Waals surface area (Å²) in [5.41, 5.74) is 1.07. The molecule has 2 heterocycles. The highest BCUT2D eigenvalue weighted by Crippen LogP contribution is 2.49. The Morgan fingerprint density at radius 3 is 2.60 bits per heavy atom. The number of carboxylic acid groups (broad SMARTS) is 1. The third-order valence-corrected chi connectivity index (χ3v) is 11.1. The summed E-state index contributed by atoms with van der Waals surface area (Å²) in [6.07, 6.45) is 1.97. The molecule has 10 nitrogen and oxygen atoms in total. The lowest BCUT2D eigenvalue weighted by Crippen LogP contribution is -2.55. The first-order valence-electron chi connectivity index (χ1n) is 14.7. The van der Waals surface area contributed by atoms with Crippen LogP contribution < -0.4 is 16.0 Å². The molecule has 13 heteroatoms. The van der Waals surface area contributed by atoms with Gasteiger partial charge in [0.05, 0.1) is 11.9 Å². The number of carbonyl (C=O) groups excluding carboxylic acids is 1. The van der Waals surface area contributed by atoms with E-state index in [1.165, 1.54) is 24.3 Å². The van der Waals surface area contributed by atoms with E-state index in [1.807, 2.05) is 0 Å². The Kier molecular flexibility index (Phi) is 9.89. The number of amides is 2. The Labute approximate surface area is 251 Å². The maximum atomic E-state index is 15.2. The maximum Gasteiger partial charge on any atom is 0.405 e. The zero-order valence-electron chi connectivity index (χ0n) is 24.0. The standard InChI is InChI=1S/C30H40F2N4O6S/c1-42-23-14-19(15-23)27(18-7-9-20(31)10-8-18)28(35-30(38)39)29(37)34-26-6-2-5-25(32)24(26)12-11-22-16-33-21-4-3-13-43(40,41)36(22)17-21/h2,5-10,19,21-23,27-28,33,35,40-41H,3-4,11-17H2,1H3,(H,34,37)(H,38,39)/t19?,21-,22+,23?,27+,28+/m1/s1. The summed E-state index contributed by atoms with van der Waals surface area (Å²) in [6, 6.07) is 8.68. The van der Waals surface area contributed by atoms with Gasteiger partial charge in [-0.3, -0.25) is 13.9 Å². The first-order chi connectivity index (χ1) is 20.6. The fourth-order valence-corrected chi connectivity index (χ4v) is 8.55. The predicted molar refractivity (Wildman–Crippen MR) is 160 cm³/mol. The molecule has 0 aromatic heterocycles. The zero-order valence-corrected chi connectivity index (χ0v) is 24.9. The molecule has 236 valence electrons. The van der Waals surface area contributed by atoms with E-state index in [0.717, 1.165) is 6.42 Å². The molecule has 0 spiro atoms. The van der Waals surface area contributed by atoms with Gasteiger partial charge in [-0.1, -0.05) is 18.2 Å². The van der Waals surface area contributed by atoms with Crippen molar-refractivity contribution in [1.29, 1.82) is 0 Å². The summed E-state index contributed by atoms with van der Waals surface area (Å²) in [5, 5.41) is 18.3. The molecule has 1 saturated carbocycles. The van der Waals surface area contributed by atoms with Crippen molar-refractivity contribution in [1.82, 2.24) is 14.9 Å². The average Bonchev–Trinajstić information content (AvgIpc) is 3.05. The lowest BCUT2D eigenvalue weighted by Gasteiger charge is -2.49. The highest BCUT2D eigenvalue weighted by molar-refractivity contribution is 8.22. The molecular formula is C30H40F2N4O6S. The molecule has 3 aliphatic rings. The van der Waals surface area contributed by atoms with Gasteiger partial charge in [-0.25, -0.2) is 17.9 Å². The Hall–Kier alpha value is -2.81. The molecule has 2 bridgehead atoms. The molecule has 6 N–H and O–H groups in total. The van der Waals surface area contributed by atoms with Gasteiger partial charge in [-0.15, -0.1) is 10.8 Å². The molecule has 2 aromatic carbocycles. The molecule has 5 atom stereocenters. The Balaban J connectivity index is 1.37. The van der Waals surface area contributed by atoms with Crippen molar-refractivity contribution in [2.24, 2.45) is 5.92 Å². The lowest BCUT2D eigenvalue weighted by molar-refractivity contribution is -0.119. The second-order valence-electron chi connectivity index (χ2n) is 11.7. The van der Waals surface area contributed by atoms with Crippen LogP contribution in [0.1, 0.15) is 49.1 Å². The topological polar surface area (TPSA) is 143 Å². The molecule has 0 radical (unpaired) electrons. The molecule has 5 rings (SSSR count). The van der Waals surface area contributed by atoms with E-state index >= 15 is 4.39 Å². The molecule has 3 fully saturated rings. The number of piperazine rings is 1. The smallest absolute Gasteiger partial charge is 0.405 e. The number of benzene rings is 2. The number of anilines is 1. The van der Waals surface area contributed by atoms with Crippen molar-refractivity contribution in [2.45, 2.75) is 68.7 Å². The molecule has 2 aromatic rings. The van der Waals surface area contributed by atoms with Gasteiger partial charge in [0.25, 0.3) is 0 Å². The molecule has 2 saturated heterocycles. The Morgan fingerprint density at radius 1 is 1.16 bits per heavy atom. The summed E-state index contributed by atoms with van der Waals surface area (Å²) in [6.45, 7) is 1.04. The first kappa shape index (κ1) is 31.6. The van der Waals surface area contributed by atoms with Gasteiger partial charge in [0, 0.05) is 49.5 Å². The van der Waals surface area contributed by atoms with Gasteiger partial charge in [-0.05, 0) is 74.3 Å². The van der Waals surface area contributed by atoms with Crippen molar-refractivity contribution in [3.8, 4) is 0 Å². The van der Waals surface area contributed by atoms with E-state index in [4.69, 9.17) is 4.74 Å². The van der Waals surface area contributed by atoms with E-state index < -0.39 is 46.4 Å². The van der Waals surface area contributed by atoms with Gasteiger partial charge in [0.1, 0.15) is 17.7 Å². The number of carbonyl (C=O) groups is 2. The van der Waals surface area contributed by atoms with Crippen LogP contribution in [0.2, 0.25) is 0 Å². The molecule has 43 heavy (non-hydrogen) atoms. The number of halogens is 2. The summed E-state index contributed by atoms with van der Waals surface area (Å²) in [7, 11) is -1.33. The second-order valence-corrected chi connectivity index (χ2v) is 13.9. The molecule has 1 unspecified atom stereocenters.